The Kier molecular flexibility index (Phi) is 6.79. The molecule has 2 heterocycles. The Morgan fingerprint density at radius 3 is 2.15 bits per heavy atom. The number of hydrogen-bond acceptors (Lipinski definition) is 6. The summed E-state index contributed by atoms with van der Waals surface area (Å²) in [5.41, 5.74) is 10.4. The minimum atomic E-state index is -0.613. The second-order valence-corrected chi connectivity index (χ2v) is 8.70. The summed E-state index contributed by atoms with van der Waals surface area (Å²) in [6.07, 6.45) is 0. The first-order valence-corrected chi connectivity index (χ1v) is 11.3. The van der Waals surface area contributed by atoms with Crippen molar-refractivity contribution >= 4 is 28.9 Å². The summed E-state index contributed by atoms with van der Waals surface area (Å²) in [6, 6.07) is 18.9. The molecule has 0 aliphatic carbocycles. The molecule has 34 heavy (non-hydrogen) atoms. The highest BCUT2D eigenvalue weighted by Crippen LogP contribution is 2.26. The molecule has 8 nitrogen and oxygen atoms in total. The minimum Gasteiger partial charge on any atom is -0.369 e. The van der Waals surface area contributed by atoms with Crippen molar-refractivity contribution in [3.05, 3.63) is 71.9 Å². The van der Waals surface area contributed by atoms with Crippen LogP contribution in [0, 0.1) is 0 Å². The molecule has 0 radical (unpaired) electrons. The average Bonchev–Trinajstić information content (AvgIpc) is 2.85. The van der Waals surface area contributed by atoms with E-state index in [0.29, 0.717) is 16.9 Å². The van der Waals surface area contributed by atoms with Gasteiger partial charge in [0, 0.05) is 62.8 Å². The third-order valence-corrected chi connectivity index (χ3v) is 5.98. The monoisotopic (exact) mass is 458 g/mol. The van der Waals surface area contributed by atoms with E-state index in [9.17, 15) is 9.59 Å². The van der Waals surface area contributed by atoms with Crippen LogP contribution in [0.25, 0.3) is 11.3 Å². The molecule has 0 saturated carbocycles. The number of aromatic nitrogens is 1. The largest absolute Gasteiger partial charge is 0.369 e. The normalized spacial score (nSPS) is 14.0. The SMILES string of the molecule is CN1CCN(c2ccc(Nc3ccc(-c4ccc(C(=O)N(C)C)cc4)nc3C(N)=O)cc2)CC1. The molecular formula is C26H30N6O2. The highest BCUT2D eigenvalue weighted by atomic mass is 16.2. The predicted molar refractivity (Wildman–Crippen MR) is 136 cm³/mol. The number of anilines is 3. The standard InChI is InChI=1S/C26H30N6O2/c1-30(2)26(34)19-6-4-18(5-7-19)22-12-13-23(24(29-22)25(27)33)28-20-8-10-21(11-9-20)32-16-14-31(3)15-17-32/h4-13,28H,14-17H2,1-3H3,(H2,27,33). The smallest absolute Gasteiger partial charge is 0.269 e. The molecule has 0 bridgehead atoms. The number of nitrogens with two attached hydrogens (primary N) is 1. The van der Waals surface area contributed by atoms with Gasteiger partial charge in [0.2, 0.25) is 0 Å². The third-order valence-electron chi connectivity index (χ3n) is 5.98. The molecular weight excluding hydrogens is 428 g/mol. The predicted octanol–water partition coefficient (Wildman–Crippen LogP) is 3.04. The van der Waals surface area contributed by atoms with Crippen LogP contribution in [0.3, 0.4) is 0 Å². The van der Waals surface area contributed by atoms with Gasteiger partial charge >= 0.3 is 0 Å². The molecule has 3 aromatic rings. The number of nitrogens with one attached hydrogen (secondary N) is 1. The highest BCUT2D eigenvalue weighted by Gasteiger charge is 2.16. The summed E-state index contributed by atoms with van der Waals surface area (Å²) in [7, 11) is 5.56. The lowest BCUT2D eigenvalue weighted by Crippen LogP contribution is -2.44. The molecule has 4 rings (SSSR count). The van der Waals surface area contributed by atoms with Gasteiger partial charge in [0.1, 0.15) is 0 Å². The van der Waals surface area contributed by atoms with Crippen molar-refractivity contribution in [2.75, 3.05) is 57.5 Å². The van der Waals surface area contributed by atoms with Gasteiger partial charge in [-0.3, -0.25) is 9.59 Å². The van der Waals surface area contributed by atoms with E-state index in [0.717, 1.165) is 37.4 Å². The van der Waals surface area contributed by atoms with Crippen molar-refractivity contribution in [1.29, 1.82) is 0 Å². The molecule has 2 aromatic carbocycles. The second kappa shape index (κ2) is 9.93. The number of amides is 2. The van der Waals surface area contributed by atoms with Crippen molar-refractivity contribution in [3.63, 3.8) is 0 Å². The number of carbonyl (C=O) groups excluding carboxylic acids is 2. The summed E-state index contributed by atoms with van der Waals surface area (Å²) in [5, 5.41) is 3.27. The topological polar surface area (TPSA) is 94.8 Å². The van der Waals surface area contributed by atoms with Gasteiger partial charge in [-0.2, -0.15) is 0 Å². The van der Waals surface area contributed by atoms with Gasteiger partial charge in [0.25, 0.3) is 11.8 Å². The molecule has 1 aliphatic rings. The zero-order valence-corrected chi connectivity index (χ0v) is 19.8. The number of rotatable bonds is 6. The van der Waals surface area contributed by atoms with Crippen molar-refractivity contribution in [2.45, 2.75) is 0 Å². The summed E-state index contributed by atoms with van der Waals surface area (Å²) < 4.78 is 0. The first kappa shape index (κ1) is 23.3. The number of nitrogens with zero attached hydrogens (tertiary/aromatic N) is 4. The summed E-state index contributed by atoms with van der Waals surface area (Å²) >= 11 is 0. The van der Waals surface area contributed by atoms with Crippen LogP contribution in [0.4, 0.5) is 17.1 Å². The number of pyridine rings is 1. The summed E-state index contributed by atoms with van der Waals surface area (Å²) in [5.74, 6) is -0.687. The lowest BCUT2D eigenvalue weighted by molar-refractivity contribution is 0.0827. The van der Waals surface area contributed by atoms with Gasteiger partial charge in [-0.25, -0.2) is 4.98 Å². The van der Waals surface area contributed by atoms with E-state index >= 15 is 0 Å². The van der Waals surface area contributed by atoms with E-state index in [1.165, 1.54) is 10.6 Å². The van der Waals surface area contributed by atoms with Crippen molar-refractivity contribution in [2.24, 2.45) is 5.73 Å². The summed E-state index contributed by atoms with van der Waals surface area (Å²) in [4.78, 5) is 35.0. The number of primary amides is 1. The average molecular weight is 459 g/mol. The molecule has 1 aromatic heterocycles. The van der Waals surface area contributed by atoms with Crippen LogP contribution in [0.1, 0.15) is 20.8 Å². The Labute approximate surface area is 200 Å². The van der Waals surface area contributed by atoms with E-state index < -0.39 is 5.91 Å². The molecule has 2 amide bonds. The lowest BCUT2D eigenvalue weighted by Gasteiger charge is -2.34. The fraction of sp³-hybridized carbons (Fsp3) is 0.269. The first-order chi connectivity index (χ1) is 16.3. The molecule has 1 aliphatic heterocycles. The molecule has 0 spiro atoms. The van der Waals surface area contributed by atoms with Gasteiger partial charge in [-0.1, -0.05) is 12.1 Å². The molecule has 0 atom stereocenters. The van der Waals surface area contributed by atoms with Crippen LogP contribution in [0.5, 0.6) is 0 Å². The van der Waals surface area contributed by atoms with E-state index in [-0.39, 0.29) is 11.6 Å². The van der Waals surface area contributed by atoms with Gasteiger partial charge in [0.15, 0.2) is 5.69 Å². The van der Waals surface area contributed by atoms with Crippen LogP contribution < -0.4 is 16.0 Å². The molecule has 176 valence electrons. The number of carbonyl (C=O) groups is 2. The Balaban J connectivity index is 1.52. The van der Waals surface area contributed by atoms with Crippen molar-refractivity contribution in [3.8, 4) is 11.3 Å². The first-order valence-electron chi connectivity index (χ1n) is 11.3. The van der Waals surface area contributed by atoms with Crippen LogP contribution in [0.2, 0.25) is 0 Å². The molecule has 0 unspecified atom stereocenters. The van der Waals surface area contributed by atoms with Gasteiger partial charge in [0.05, 0.1) is 11.4 Å². The van der Waals surface area contributed by atoms with Crippen LogP contribution in [-0.2, 0) is 0 Å². The van der Waals surface area contributed by atoms with E-state index in [2.05, 4.69) is 39.3 Å². The third kappa shape index (κ3) is 5.18. The maximum absolute atomic E-state index is 12.2. The van der Waals surface area contributed by atoms with Gasteiger partial charge in [-0.05, 0) is 55.6 Å². The van der Waals surface area contributed by atoms with E-state index in [1.54, 1.807) is 32.3 Å². The van der Waals surface area contributed by atoms with Crippen LogP contribution in [0.15, 0.2) is 60.7 Å². The maximum atomic E-state index is 12.2. The summed E-state index contributed by atoms with van der Waals surface area (Å²) in [6.45, 7) is 4.11. The van der Waals surface area contributed by atoms with Gasteiger partial charge < -0.3 is 25.8 Å². The second-order valence-electron chi connectivity index (χ2n) is 8.70. The molecule has 1 fully saturated rings. The minimum absolute atomic E-state index is 0.0736. The zero-order chi connectivity index (χ0) is 24.2. The van der Waals surface area contributed by atoms with Crippen LogP contribution in [-0.4, -0.2) is 73.9 Å². The number of likely N-dealkylation sites (N-methyl/N-ethyl adjacent to an activating group) is 1. The quantitative estimate of drug-likeness (QED) is 0.590. The molecule has 3 N–H and O–H groups in total. The van der Waals surface area contributed by atoms with E-state index in [4.69, 9.17) is 5.73 Å². The number of piperazine rings is 1. The fourth-order valence-corrected chi connectivity index (χ4v) is 3.93. The van der Waals surface area contributed by atoms with Gasteiger partial charge in [-0.15, -0.1) is 0 Å². The van der Waals surface area contributed by atoms with E-state index in [1.807, 2.05) is 30.3 Å². The molecule has 1 saturated heterocycles. The Morgan fingerprint density at radius 1 is 0.912 bits per heavy atom. The van der Waals surface area contributed by atoms with Crippen molar-refractivity contribution in [1.82, 2.24) is 14.8 Å². The fourth-order valence-electron chi connectivity index (χ4n) is 3.93. The van der Waals surface area contributed by atoms with Crippen LogP contribution >= 0.6 is 0 Å². The highest BCUT2D eigenvalue weighted by molar-refractivity contribution is 5.98. The molecule has 8 heteroatoms. The Bertz CT molecular complexity index is 1170. The Morgan fingerprint density at radius 2 is 1.56 bits per heavy atom. The Hall–Kier alpha value is -3.91. The number of benzene rings is 2. The lowest BCUT2D eigenvalue weighted by atomic mass is 10.1. The zero-order valence-electron chi connectivity index (χ0n) is 19.8. The van der Waals surface area contributed by atoms with Crippen molar-refractivity contribution < 1.29 is 9.59 Å². The number of hydrogen-bond donors (Lipinski definition) is 2. The maximum Gasteiger partial charge on any atom is 0.269 e.